The molecule has 17 nitrogen and oxygen atoms in total. The van der Waals surface area contributed by atoms with E-state index < -0.39 is 105 Å². The monoisotopic (exact) mass is 1140 g/mol. The van der Waals surface area contributed by atoms with Gasteiger partial charge in [-0.2, -0.15) is 0 Å². The van der Waals surface area contributed by atoms with Crippen LogP contribution >= 0.6 is 0 Å². The quantitative estimate of drug-likeness (QED) is 0.0643. The van der Waals surface area contributed by atoms with Gasteiger partial charge in [0.25, 0.3) is 23.6 Å². The molecule has 75 heavy (non-hydrogen) atoms. The van der Waals surface area contributed by atoms with Crippen molar-refractivity contribution in [2.24, 2.45) is 0 Å². The molecule has 1 saturated heterocycles. The molecule has 4 aliphatic heterocycles. The van der Waals surface area contributed by atoms with Gasteiger partial charge in [0.1, 0.15) is 66.0 Å². The maximum Gasteiger partial charge on any atom is 0.278 e. The molecule has 4 atom stereocenters. The number of aromatic nitrogens is 2. The van der Waals surface area contributed by atoms with Crippen molar-refractivity contribution in [3.63, 3.8) is 0 Å². The van der Waals surface area contributed by atoms with Crippen LogP contribution in [0.2, 0.25) is 0 Å². The number of aliphatic hydroxyl groups excluding tert-OH is 1. The number of rotatable bonds is 9. The van der Waals surface area contributed by atoms with Gasteiger partial charge in [-0.05, 0) is 46.1 Å². The van der Waals surface area contributed by atoms with Crippen molar-refractivity contribution >= 4 is 23.6 Å². The number of aromatic hydroxyl groups is 1. The predicted octanol–water partition coefficient (Wildman–Crippen LogP) is 5.35. The first-order chi connectivity index (χ1) is 34.7. The zero-order valence-electron chi connectivity index (χ0n) is 41.3. The minimum absolute atomic E-state index is 0. The molecule has 6 heterocycles. The van der Waals surface area contributed by atoms with Crippen LogP contribution in [0.4, 0.5) is 26.3 Å². The first kappa shape index (κ1) is 58.5. The fraction of sp³-hybridized carbons (Fsp3) is 0.314. The first-order valence-corrected chi connectivity index (χ1v) is 22.8. The molecule has 0 aliphatic carbocycles. The van der Waals surface area contributed by atoms with Crippen LogP contribution < -0.4 is 36.2 Å². The van der Waals surface area contributed by atoms with E-state index in [2.05, 4.69) is 10.6 Å². The van der Waals surface area contributed by atoms with Gasteiger partial charge in [0.2, 0.25) is 10.9 Å². The Kier molecular flexibility index (Phi) is 18.9. The van der Waals surface area contributed by atoms with E-state index in [1.807, 2.05) is 45.9 Å². The van der Waals surface area contributed by atoms with E-state index in [0.29, 0.717) is 24.3 Å². The minimum atomic E-state index is -1.19. The number of halogens is 6. The number of hydrogen-bond acceptors (Lipinski definition) is 11. The molecule has 5 aromatic rings. The number of nitrogens with one attached hydrogen (secondary N) is 2. The van der Waals surface area contributed by atoms with Crippen LogP contribution in [0.3, 0.4) is 0 Å². The third-order valence-electron chi connectivity index (χ3n) is 12.8. The van der Waals surface area contributed by atoms with E-state index in [4.69, 9.17) is 9.84 Å². The van der Waals surface area contributed by atoms with Crippen LogP contribution in [0.25, 0.3) is 0 Å². The molecule has 3 aromatic carbocycles. The topological polar surface area (TPSA) is 199 Å². The van der Waals surface area contributed by atoms with Crippen molar-refractivity contribution in [2.45, 2.75) is 84.4 Å². The van der Waals surface area contributed by atoms with Gasteiger partial charge in [-0.3, -0.25) is 48.1 Å². The minimum Gasteiger partial charge on any atom is -0.502 e. The van der Waals surface area contributed by atoms with E-state index >= 15 is 0 Å². The molecule has 4 amide bonds. The number of nitrogens with zero attached hydrogens (tertiary/aromatic N) is 6. The standard InChI is InChI=1S/C28H25F3N4O4.C21H21F3N4O4.CH4O.CH3.Pd/c1-16-8-9-17(2)35-15-33(16)28(38)24-26(39-14-18-6-4-3-5-7-18)25(36)21(13-34(24)35)27(37)32-12-20-22(30)10-19(29)11-23(20)31;1-10-3-4-11(2)28-9-26(10)21(32)17-19(30)18(29)14(8-27(17)28)20(31)25-7-13-15(23)5-12(22)6-16(13)24;1-2;;/h3-11,13,16-17H,12,14-15H2,1-2H3,(H,32,37);5-6,8,10-11,30H,3-4,7,9H2,1-2H3,(H,25,31);2H,1H3;1H3;/q;;;-1;/t16-,17+;10-,11+;;;/m00.../s1. The summed E-state index contributed by atoms with van der Waals surface area (Å²) in [7, 11) is 1.00. The summed E-state index contributed by atoms with van der Waals surface area (Å²) < 4.78 is 90.9. The van der Waals surface area contributed by atoms with Crippen molar-refractivity contribution < 1.29 is 80.9 Å². The molecule has 4 bridgehead atoms. The van der Waals surface area contributed by atoms with E-state index in [1.54, 1.807) is 44.1 Å². The van der Waals surface area contributed by atoms with Gasteiger partial charge < -0.3 is 42.8 Å². The summed E-state index contributed by atoms with van der Waals surface area (Å²) in [5.41, 5.74) is -3.50. The SMILES string of the molecule is CO.C[C@@H]1C=C[C@H](C)N2CN1n1cc(C(=O)NCc3c(F)cc(F)cc3F)c(=O)c(OCc3ccccc3)c1C2=O.C[C@@H]1CC[C@H](C)N2CN1n1cc(C(=O)NCc3c(F)cc(F)cc3F)c(=O)c(O)c1C2=O.[CH3-].[Pd]. The van der Waals surface area contributed by atoms with Crippen molar-refractivity contribution in [2.75, 3.05) is 30.5 Å². The maximum atomic E-state index is 14.1. The molecule has 24 heteroatoms. The van der Waals surface area contributed by atoms with Crippen LogP contribution in [-0.4, -0.2) is 97.6 Å². The number of ether oxygens (including phenoxy) is 1. The molecular formula is C51H53F6N8O9Pd-. The first-order valence-electron chi connectivity index (χ1n) is 22.8. The number of carbonyl (C=O) groups is 4. The summed E-state index contributed by atoms with van der Waals surface area (Å²) in [6.45, 7) is 6.64. The van der Waals surface area contributed by atoms with Gasteiger partial charge in [-0.25, -0.2) is 26.3 Å². The van der Waals surface area contributed by atoms with Gasteiger partial charge in [-0.1, -0.05) is 42.5 Å². The Bertz CT molecular complexity index is 3100. The number of amides is 4. The van der Waals surface area contributed by atoms with Gasteiger partial charge in [0.15, 0.2) is 22.9 Å². The third kappa shape index (κ3) is 11.8. The van der Waals surface area contributed by atoms with Gasteiger partial charge in [-0.15, -0.1) is 0 Å². The second-order valence-corrected chi connectivity index (χ2v) is 17.5. The second kappa shape index (κ2) is 24.3. The van der Waals surface area contributed by atoms with E-state index in [-0.39, 0.29) is 94.7 Å². The Hall–Kier alpha value is -7.42. The largest absolute Gasteiger partial charge is 0.502 e. The number of pyridine rings is 2. The Morgan fingerprint density at radius 3 is 1.63 bits per heavy atom. The van der Waals surface area contributed by atoms with Gasteiger partial charge in [0.05, 0.1) is 6.04 Å². The van der Waals surface area contributed by atoms with E-state index in [0.717, 1.165) is 31.7 Å². The number of hydrogen-bond donors (Lipinski definition) is 4. The van der Waals surface area contributed by atoms with Crippen molar-refractivity contribution in [3.05, 3.63) is 181 Å². The van der Waals surface area contributed by atoms with Gasteiger partial charge >= 0.3 is 0 Å². The molecule has 1 fully saturated rings. The molecule has 4 aliphatic rings. The molecule has 4 N–H and O–H groups in total. The summed E-state index contributed by atoms with van der Waals surface area (Å²) in [6.07, 6.45) is 7.64. The molecule has 404 valence electrons. The van der Waals surface area contributed by atoms with Crippen LogP contribution in [-0.2, 0) is 40.1 Å². The summed E-state index contributed by atoms with van der Waals surface area (Å²) in [5, 5.41) is 25.6. The number of carbonyl (C=O) groups excluding carboxylic acids is 4. The number of aliphatic hydroxyl groups is 1. The van der Waals surface area contributed by atoms with Crippen LogP contribution in [0.15, 0.2) is 88.7 Å². The Labute approximate surface area is 440 Å². The average Bonchev–Trinajstić information content (AvgIpc) is 3.57. The Morgan fingerprint density at radius 2 is 1.09 bits per heavy atom. The number of benzene rings is 3. The zero-order chi connectivity index (χ0) is 53.2. The fourth-order valence-electron chi connectivity index (χ4n) is 8.66. The van der Waals surface area contributed by atoms with Crippen molar-refractivity contribution in [1.29, 1.82) is 0 Å². The molecule has 0 saturated carbocycles. The molecule has 9 rings (SSSR count). The molecule has 0 radical (unpaired) electrons. The fourth-order valence-corrected chi connectivity index (χ4v) is 8.66. The average molecular weight is 1140 g/mol. The summed E-state index contributed by atoms with van der Waals surface area (Å²) in [5.74, 6) is -11.0. The Morgan fingerprint density at radius 1 is 0.640 bits per heavy atom. The molecular weight excluding hydrogens is 1090 g/mol. The Balaban J connectivity index is 0.000000266. The smallest absolute Gasteiger partial charge is 0.278 e. The van der Waals surface area contributed by atoms with Crippen molar-refractivity contribution in [3.8, 4) is 11.5 Å². The predicted molar refractivity (Wildman–Crippen MR) is 258 cm³/mol. The zero-order valence-corrected chi connectivity index (χ0v) is 42.8. The second-order valence-electron chi connectivity index (χ2n) is 17.5. The normalized spacial score (nSPS) is 18.0. The maximum absolute atomic E-state index is 14.1. The summed E-state index contributed by atoms with van der Waals surface area (Å²) in [4.78, 5) is 81.8. The van der Waals surface area contributed by atoms with Gasteiger partial charge in [0, 0.05) is 107 Å². The summed E-state index contributed by atoms with van der Waals surface area (Å²) >= 11 is 0. The number of fused-ring (bicyclic) bond motifs is 8. The van der Waals surface area contributed by atoms with Crippen LogP contribution in [0.5, 0.6) is 11.5 Å². The van der Waals surface area contributed by atoms with Crippen LogP contribution in [0, 0.1) is 42.3 Å². The molecule has 0 spiro atoms. The summed E-state index contributed by atoms with van der Waals surface area (Å²) in [6, 6.07) is 10.3. The van der Waals surface area contributed by atoms with Crippen LogP contribution in [0.1, 0.15) is 98.9 Å². The van der Waals surface area contributed by atoms with Crippen molar-refractivity contribution in [1.82, 2.24) is 29.8 Å². The molecule has 0 unspecified atom stereocenters. The third-order valence-corrected chi connectivity index (χ3v) is 12.8. The van der Waals surface area contributed by atoms with E-state index in [9.17, 15) is 60.2 Å². The molecule has 2 aromatic heterocycles. The van der Waals surface area contributed by atoms with E-state index in [1.165, 1.54) is 15.5 Å².